The average Bonchev–Trinajstić information content (AvgIpc) is 3.22. The van der Waals surface area contributed by atoms with E-state index in [0.717, 1.165) is 17.1 Å². The van der Waals surface area contributed by atoms with Crippen molar-refractivity contribution in [2.75, 3.05) is 26.4 Å². The first-order valence-corrected chi connectivity index (χ1v) is 7.98. The molecule has 1 aliphatic rings. The van der Waals surface area contributed by atoms with Crippen LogP contribution in [0.5, 0.6) is 5.75 Å². The predicted molar refractivity (Wildman–Crippen MR) is 78.4 cm³/mol. The minimum atomic E-state index is -3.85. The van der Waals surface area contributed by atoms with Gasteiger partial charge in [-0.05, 0) is 31.0 Å². The number of hydrogen-bond acceptors (Lipinski definition) is 5. The Morgan fingerprint density at radius 1 is 1.48 bits per heavy atom. The number of benzene rings is 1. The number of nitrogens with zero attached hydrogens (tertiary/aromatic N) is 1. The second-order valence-electron chi connectivity index (χ2n) is 5.01. The number of ether oxygens (including phenoxy) is 1. The van der Waals surface area contributed by atoms with E-state index in [-0.39, 0.29) is 29.1 Å². The lowest BCUT2D eigenvalue weighted by Gasteiger charge is -2.18. The maximum atomic E-state index is 12.5. The number of sulfonamides is 1. The van der Waals surface area contributed by atoms with E-state index in [1.807, 2.05) is 0 Å². The van der Waals surface area contributed by atoms with Gasteiger partial charge in [-0.15, -0.1) is 0 Å². The number of nitrogens with one attached hydrogen (secondary N) is 1. The van der Waals surface area contributed by atoms with Gasteiger partial charge in [0.25, 0.3) is 0 Å². The highest BCUT2D eigenvalue weighted by molar-refractivity contribution is 7.89. The molecule has 1 fully saturated rings. The Hall–Kier alpha value is -1.80. The van der Waals surface area contributed by atoms with Gasteiger partial charge in [0, 0.05) is 18.8 Å². The van der Waals surface area contributed by atoms with Gasteiger partial charge in [0.2, 0.25) is 15.9 Å². The van der Waals surface area contributed by atoms with Crippen molar-refractivity contribution in [1.82, 2.24) is 9.62 Å². The van der Waals surface area contributed by atoms with Gasteiger partial charge in [-0.3, -0.25) is 4.79 Å². The molecule has 1 amide bonds. The number of carbonyl (C=O) groups excluding carboxylic acids is 1. The summed E-state index contributed by atoms with van der Waals surface area (Å²) in [5.41, 5.74) is 5.95. The standard InChI is InChI=1S/C13H19N3O4S/c1-16(8-13(17)15-10-4-5-10)21(18,19)12-7-9(14)3-6-11(12)20-2/h3,6-7,10H,4-5,8,14H2,1-2H3,(H,15,17). The monoisotopic (exact) mass is 313 g/mol. The van der Waals surface area contributed by atoms with Crippen molar-refractivity contribution in [2.45, 2.75) is 23.8 Å². The Labute approximate surface area is 124 Å². The normalized spacial score (nSPS) is 15.0. The highest BCUT2D eigenvalue weighted by atomic mass is 32.2. The molecule has 0 aromatic heterocycles. The molecule has 0 spiro atoms. The second-order valence-corrected chi connectivity index (χ2v) is 7.03. The summed E-state index contributed by atoms with van der Waals surface area (Å²) in [6.45, 7) is -0.239. The minimum Gasteiger partial charge on any atom is -0.495 e. The van der Waals surface area contributed by atoms with Gasteiger partial charge in [-0.2, -0.15) is 4.31 Å². The van der Waals surface area contributed by atoms with E-state index in [1.54, 1.807) is 6.07 Å². The van der Waals surface area contributed by atoms with Crippen LogP contribution >= 0.6 is 0 Å². The van der Waals surface area contributed by atoms with E-state index < -0.39 is 10.0 Å². The molecular weight excluding hydrogens is 294 g/mol. The van der Waals surface area contributed by atoms with Crippen LogP contribution in [0.4, 0.5) is 5.69 Å². The zero-order valence-electron chi connectivity index (χ0n) is 12.0. The molecule has 0 unspecified atom stereocenters. The van der Waals surface area contributed by atoms with Gasteiger partial charge in [-0.25, -0.2) is 8.42 Å². The first kappa shape index (κ1) is 15.6. The van der Waals surface area contributed by atoms with E-state index in [4.69, 9.17) is 10.5 Å². The maximum Gasteiger partial charge on any atom is 0.247 e. The number of rotatable bonds is 6. The lowest BCUT2D eigenvalue weighted by Crippen LogP contribution is -2.39. The molecule has 0 aliphatic heterocycles. The van der Waals surface area contributed by atoms with E-state index in [1.165, 1.54) is 26.3 Å². The Morgan fingerprint density at radius 3 is 2.71 bits per heavy atom. The molecule has 0 atom stereocenters. The molecule has 0 saturated heterocycles. The van der Waals surface area contributed by atoms with Crippen LogP contribution in [0.2, 0.25) is 0 Å². The maximum absolute atomic E-state index is 12.5. The van der Waals surface area contributed by atoms with Crippen molar-refractivity contribution in [1.29, 1.82) is 0 Å². The van der Waals surface area contributed by atoms with Crippen LogP contribution in [0.3, 0.4) is 0 Å². The first-order valence-electron chi connectivity index (χ1n) is 6.54. The zero-order valence-corrected chi connectivity index (χ0v) is 12.8. The van der Waals surface area contributed by atoms with Gasteiger partial charge in [0.15, 0.2) is 0 Å². The molecule has 0 radical (unpaired) electrons. The third-order valence-electron chi connectivity index (χ3n) is 3.18. The van der Waals surface area contributed by atoms with Gasteiger partial charge in [-0.1, -0.05) is 0 Å². The fraction of sp³-hybridized carbons (Fsp3) is 0.462. The lowest BCUT2D eigenvalue weighted by molar-refractivity contribution is -0.121. The van der Waals surface area contributed by atoms with Gasteiger partial charge >= 0.3 is 0 Å². The van der Waals surface area contributed by atoms with Gasteiger partial charge < -0.3 is 15.8 Å². The molecule has 1 aromatic carbocycles. The number of nitrogens with two attached hydrogens (primary N) is 1. The Morgan fingerprint density at radius 2 is 2.14 bits per heavy atom. The van der Waals surface area contributed by atoms with Crippen molar-refractivity contribution in [3.63, 3.8) is 0 Å². The summed E-state index contributed by atoms with van der Waals surface area (Å²) in [7, 11) is -1.12. The third-order valence-corrected chi connectivity index (χ3v) is 5.01. The van der Waals surface area contributed by atoms with Crippen LogP contribution in [-0.2, 0) is 14.8 Å². The van der Waals surface area contributed by atoms with Crippen molar-refractivity contribution in [3.8, 4) is 5.75 Å². The van der Waals surface area contributed by atoms with Crippen molar-refractivity contribution >= 4 is 21.6 Å². The van der Waals surface area contributed by atoms with Crippen molar-refractivity contribution < 1.29 is 17.9 Å². The molecule has 1 aliphatic carbocycles. The number of likely N-dealkylation sites (N-methyl/N-ethyl adjacent to an activating group) is 1. The number of amides is 1. The Bertz CT molecular complexity index is 641. The predicted octanol–water partition coefficient (Wildman–Crippen LogP) is 0.177. The fourth-order valence-electron chi connectivity index (χ4n) is 1.85. The second kappa shape index (κ2) is 5.90. The number of nitrogen functional groups attached to an aromatic ring is 1. The Balaban J connectivity index is 2.19. The molecule has 3 N–H and O–H groups in total. The molecule has 2 rings (SSSR count). The van der Waals surface area contributed by atoms with Crippen LogP contribution in [0.1, 0.15) is 12.8 Å². The van der Waals surface area contributed by atoms with Crippen LogP contribution < -0.4 is 15.8 Å². The van der Waals surface area contributed by atoms with E-state index in [2.05, 4.69) is 5.32 Å². The van der Waals surface area contributed by atoms with Crippen LogP contribution in [0.25, 0.3) is 0 Å². The quantitative estimate of drug-likeness (QED) is 0.729. The zero-order chi connectivity index (χ0) is 15.6. The lowest BCUT2D eigenvalue weighted by atomic mass is 10.3. The summed E-state index contributed by atoms with van der Waals surface area (Å²) in [5, 5.41) is 2.75. The number of hydrogen-bond donors (Lipinski definition) is 2. The molecule has 21 heavy (non-hydrogen) atoms. The highest BCUT2D eigenvalue weighted by Crippen LogP contribution is 2.28. The molecular formula is C13H19N3O4S. The average molecular weight is 313 g/mol. The SMILES string of the molecule is COc1ccc(N)cc1S(=O)(=O)N(C)CC(=O)NC1CC1. The highest BCUT2D eigenvalue weighted by Gasteiger charge is 2.29. The number of anilines is 1. The minimum absolute atomic E-state index is 0.0493. The van der Waals surface area contributed by atoms with Crippen LogP contribution in [0.15, 0.2) is 23.1 Å². The molecule has 1 aromatic rings. The van der Waals surface area contributed by atoms with E-state index in [9.17, 15) is 13.2 Å². The van der Waals surface area contributed by atoms with Crippen LogP contribution in [0, 0.1) is 0 Å². The summed E-state index contributed by atoms with van der Waals surface area (Å²) in [4.78, 5) is 11.7. The van der Waals surface area contributed by atoms with Gasteiger partial charge in [0.1, 0.15) is 10.6 Å². The summed E-state index contributed by atoms with van der Waals surface area (Å²) in [5.74, 6) is -0.120. The first-order chi connectivity index (χ1) is 9.84. The molecule has 0 heterocycles. The van der Waals surface area contributed by atoms with E-state index >= 15 is 0 Å². The molecule has 8 heteroatoms. The van der Waals surface area contributed by atoms with Crippen molar-refractivity contribution in [3.05, 3.63) is 18.2 Å². The topological polar surface area (TPSA) is 102 Å². The van der Waals surface area contributed by atoms with Gasteiger partial charge in [0.05, 0.1) is 13.7 Å². The van der Waals surface area contributed by atoms with Crippen LogP contribution in [-0.4, -0.2) is 45.4 Å². The summed E-state index contributed by atoms with van der Waals surface area (Å²) in [6.07, 6.45) is 1.90. The summed E-state index contributed by atoms with van der Waals surface area (Å²) >= 11 is 0. The van der Waals surface area contributed by atoms with Crippen molar-refractivity contribution in [2.24, 2.45) is 0 Å². The smallest absolute Gasteiger partial charge is 0.247 e. The summed E-state index contributed by atoms with van der Waals surface area (Å²) in [6, 6.07) is 4.55. The number of carbonyl (C=O) groups is 1. The third kappa shape index (κ3) is 3.64. The molecule has 0 bridgehead atoms. The fourth-order valence-corrected chi connectivity index (χ4v) is 3.16. The molecule has 116 valence electrons. The largest absolute Gasteiger partial charge is 0.495 e. The molecule has 1 saturated carbocycles. The van der Waals surface area contributed by atoms with E-state index in [0.29, 0.717) is 5.69 Å². The Kier molecular flexibility index (Phi) is 4.38. The molecule has 7 nitrogen and oxygen atoms in total. The summed E-state index contributed by atoms with van der Waals surface area (Å²) < 4.78 is 31.1. The number of methoxy groups -OCH3 is 1.